The predicted molar refractivity (Wildman–Crippen MR) is 83.5 cm³/mol. The lowest BCUT2D eigenvalue weighted by Crippen LogP contribution is -2.33. The number of aliphatic hydroxyl groups excluding tert-OH is 1. The Hall–Kier alpha value is -1.41. The molecule has 2 rings (SSSR count). The molecule has 0 aliphatic carbocycles. The lowest BCUT2D eigenvalue weighted by atomic mass is 10.1. The second-order valence-corrected chi connectivity index (χ2v) is 6.70. The van der Waals surface area contributed by atoms with Crippen LogP contribution in [0.2, 0.25) is 0 Å². The average Bonchev–Trinajstić information content (AvgIpc) is 2.89. The normalized spacial score (nSPS) is 18.3. The van der Waals surface area contributed by atoms with Gasteiger partial charge in [-0.2, -0.15) is 13.2 Å². The lowest BCUT2D eigenvalue weighted by Gasteiger charge is -2.19. The summed E-state index contributed by atoms with van der Waals surface area (Å²) in [6, 6.07) is 4.15. The molecule has 1 heterocycles. The Kier molecular flexibility index (Phi) is 5.80. The minimum Gasteiger partial charge on any atom is -0.396 e. The monoisotopic (exact) mass is 348 g/mol. The third-order valence-corrected chi connectivity index (χ3v) is 4.50. The van der Waals surface area contributed by atoms with E-state index in [1.54, 1.807) is 17.9 Å². The van der Waals surface area contributed by atoms with Gasteiger partial charge in [-0.05, 0) is 55.1 Å². The molecule has 1 aliphatic heterocycles. The first-order chi connectivity index (χ1) is 10.8. The summed E-state index contributed by atoms with van der Waals surface area (Å²) in [5, 5.41) is 11.5. The number of hydrogen-bond acceptors (Lipinski definition) is 3. The molecule has 2 N–H and O–H groups in total. The molecule has 1 saturated heterocycles. The number of nitrogens with one attached hydrogen (secondary N) is 1. The van der Waals surface area contributed by atoms with Gasteiger partial charge in [0, 0.05) is 24.6 Å². The number of rotatable bonds is 4. The van der Waals surface area contributed by atoms with Crippen LogP contribution >= 0.6 is 11.8 Å². The maximum absolute atomic E-state index is 12.6. The number of likely N-dealkylation sites (tertiary alicyclic amines) is 1. The van der Waals surface area contributed by atoms with Crippen molar-refractivity contribution >= 4 is 23.5 Å². The van der Waals surface area contributed by atoms with Gasteiger partial charge in [-0.15, -0.1) is 0 Å². The van der Waals surface area contributed by atoms with E-state index in [0.717, 1.165) is 6.42 Å². The molecule has 0 unspecified atom stereocenters. The van der Waals surface area contributed by atoms with Gasteiger partial charge in [0.1, 0.15) is 0 Å². The minimum atomic E-state index is -4.41. The average molecular weight is 348 g/mol. The number of amides is 2. The van der Waals surface area contributed by atoms with Gasteiger partial charge in [0.05, 0.1) is 5.69 Å². The lowest BCUT2D eigenvalue weighted by molar-refractivity contribution is -0.0328. The molecule has 8 heteroatoms. The maximum Gasteiger partial charge on any atom is 0.446 e. The van der Waals surface area contributed by atoms with Crippen LogP contribution in [0.1, 0.15) is 18.4 Å². The first-order valence-electron chi connectivity index (χ1n) is 7.31. The molecule has 4 nitrogen and oxygen atoms in total. The van der Waals surface area contributed by atoms with E-state index in [1.807, 2.05) is 0 Å². The Labute approximate surface area is 137 Å². The maximum atomic E-state index is 12.6. The van der Waals surface area contributed by atoms with E-state index in [0.29, 0.717) is 25.1 Å². The highest BCUT2D eigenvalue weighted by Gasteiger charge is 2.31. The number of nitrogens with zero attached hydrogens (tertiary/aromatic N) is 1. The van der Waals surface area contributed by atoms with Crippen LogP contribution in [0.5, 0.6) is 0 Å². The van der Waals surface area contributed by atoms with E-state index in [4.69, 9.17) is 5.11 Å². The van der Waals surface area contributed by atoms with E-state index in [-0.39, 0.29) is 34.9 Å². The number of urea groups is 1. The van der Waals surface area contributed by atoms with E-state index in [9.17, 15) is 18.0 Å². The van der Waals surface area contributed by atoms with Gasteiger partial charge in [-0.3, -0.25) is 0 Å². The van der Waals surface area contributed by atoms with Crippen molar-refractivity contribution in [3.8, 4) is 0 Å². The number of alkyl halides is 3. The van der Waals surface area contributed by atoms with Crippen molar-refractivity contribution in [3.05, 3.63) is 23.8 Å². The number of aryl methyl sites for hydroxylation is 1. The summed E-state index contributed by atoms with van der Waals surface area (Å²) in [5.74, 6) is 0.243. The van der Waals surface area contributed by atoms with Crippen molar-refractivity contribution in [2.24, 2.45) is 5.92 Å². The van der Waals surface area contributed by atoms with Crippen LogP contribution in [0.15, 0.2) is 23.1 Å². The highest BCUT2D eigenvalue weighted by atomic mass is 32.2. The third kappa shape index (κ3) is 5.31. The molecule has 0 spiro atoms. The fourth-order valence-electron chi connectivity index (χ4n) is 2.57. The molecular formula is C15H19F3N2O2S. The first-order valence-corrected chi connectivity index (χ1v) is 8.13. The van der Waals surface area contributed by atoms with Crippen molar-refractivity contribution in [1.29, 1.82) is 0 Å². The van der Waals surface area contributed by atoms with Crippen LogP contribution < -0.4 is 5.32 Å². The zero-order valence-corrected chi connectivity index (χ0v) is 13.5. The molecule has 0 saturated carbocycles. The van der Waals surface area contributed by atoms with E-state index < -0.39 is 11.5 Å². The highest BCUT2D eigenvalue weighted by molar-refractivity contribution is 8.00. The second-order valence-electron chi connectivity index (χ2n) is 5.59. The van der Waals surface area contributed by atoms with Crippen molar-refractivity contribution in [3.63, 3.8) is 0 Å². The van der Waals surface area contributed by atoms with Crippen LogP contribution in [0.3, 0.4) is 0 Å². The molecule has 2 amide bonds. The summed E-state index contributed by atoms with van der Waals surface area (Å²) >= 11 is -0.232. The summed E-state index contributed by atoms with van der Waals surface area (Å²) < 4.78 is 37.9. The van der Waals surface area contributed by atoms with E-state index >= 15 is 0 Å². The zero-order chi connectivity index (χ0) is 17.0. The molecule has 0 radical (unpaired) electrons. The van der Waals surface area contributed by atoms with Crippen LogP contribution in [0.25, 0.3) is 0 Å². The number of thioether (sulfide) groups is 1. The van der Waals surface area contributed by atoms with E-state index in [1.165, 1.54) is 12.1 Å². The first kappa shape index (κ1) is 17.9. The Bertz CT molecular complexity index is 566. The molecule has 1 atom stereocenters. The molecular weight excluding hydrogens is 329 g/mol. The number of anilines is 1. The van der Waals surface area contributed by atoms with E-state index in [2.05, 4.69) is 5.32 Å². The number of carbonyl (C=O) groups is 1. The largest absolute Gasteiger partial charge is 0.446 e. The van der Waals surface area contributed by atoms with Crippen LogP contribution in [0, 0.1) is 12.8 Å². The molecule has 23 heavy (non-hydrogen) atoms. The summed E-state index contributed by atoms with van der Waals surface area (Å²) in [4.78, 5) is 13.8. The van der Waals surface area contributed by atoms with Gasteiger partial charge in [0.25, 0.3) is 0 Å². The number of halogens is 3. The predicted octanol–water partition coefficient (Wildman–Crippen LogP) is 3.84. The van der Waals surface area contributed by atoms with Gasteiger partial charge in [-0.1, -0.05) is 6.07 Å². The number of aliphatic hydroxyl groups is 1. The van der Waals surface area contributed by atoms with Crippen LogP contribution in [-0.2, 0) is 0 Å². The minimum absolute atomic E-state index is 0.0167. The summed E-state index contributed by atoms with van der Waals surface area (Å²) in [5.41, 5.74) is -3.56. The summed E-state index contributed by atoms with van der Waals surface area (Å²) in [7, 11) is 0. The SMILES string of the molecule is Cc1ccc(NC(=O)N2CC[C@H](CCO)C2)c(SC(F)(F)F)c1. The molecule has 1 aromatic carbocycles. The van der Waals surface area contributed by atoms with Gasteiger partial charge < -0.3 is 15.3 Å². The van der Waals surface area contributed by atoms with Crippen molar-refractivity contribution in [2.75, 3.05) is 25.0 Å². The van der Waals surface area contributed by atoms with Gasteiger partial charge >= 0.3 is 11.5 Å². The molecule has 128 valence electrons. The number of benzene rings is 1. The van der Waals surface area contributed by atoms with Crippen molar-refractivity contribution < 1.29 is 23.1 Å². The topological polar surface area (TPSA) is 52.6 Å². The Balaban J connectivity index is 2.06. The standard InChI is InChI=1S/C15H19F3N2O2S/c1-10-2-3-12(13(8-10)23-15(16,17)18)19-14(22)20-6-4-11(9-20)5-7-21/h2-3,8,11,21H,4-7,9H2,1H3,(H,19,22)/t11-/m1/s1. The third-order valence-electron chi connectivity index (χ3n) is 3.71. The zero-order valence-electron chi connectivity index (χ0n) is 12.7. The summed E-state index contributed by atoms with van der Waals surface area (Å²) in [6.45, 7) is 2.83. The molecule has 0 aromatic heterocycles. The van der Waals surface area contributed by atoms with Crippen molar-refractivity contribution in [2.45, 2.75) is 30.2 Å². The summed E-state index contributed by atoms with van der Waals surface area (Å²) in [6.07, 6.45) is 1.43. The van der Waals surface area contributed by atoms with Gasteiger partial charge in [-0.25, -0.2) is 4.79 Å². The number of hydrogen-bond donors (Lipinski definition) is 2. The Morgan fingerprint density at radius 2 is 2.22 bits per heavy atom. The van der Waals surface area contributed by atoms with Crippen molar-refractivity contribution in [1.82, 2.24) is 4.90 Å². The fraction of sp³-hybridized carbons (Fsp3) is 0.533. The van der Waals surface area contributed by atoms with Crippen LogP contribution in [-0.4, -0.2) is 41.2 Å². The fourth-order valence-corrected chi connectivity index (χ4v) is 3.29. The second kappa shape index (κ2) is 7.44. The quantitative estimate of drug-likeness (QED) is 0.813. The molecule has 1 aromatic rings. The van der Waals surface area contributed by atoms with Crippen LogP contribution in [0.4, 0.5) is 23.7 Å². The Morgan fingerprint density at radius 1 is 1.48 bits per heavy atom. The molecule has 1 fully saturated rings. The smallest absolute Gasteiger partial charge is 0.396 e. The Morgan fingerprint density at radius 3 is 2.87 bits per heavy atom. The van der Waals surface area contributed by atoms with Gasteiger partial charge in [0.2, 0.25) is 0 Å². The highest BCUT2D eigenvalue weighted by Crippen LogP contribution is 2.41. The number of carbonyl (C=O) groups excluding carboxylic acids is 1. The molecule has 1 aliphatic rings. The van der Waals surface area contributed by atoms with Gasteiger partial charge in [0.15, 0.2) is 0 Å². The molecule has 0 bridgehead atoms.